The highest BCUT2D eigenvalue weighted by Gasteiger charge is 2.58. The van der Waals surface area contributed by atoms with E-state index in [1.807, 2.05) is 0 Å². The maximum Gasteiger partial charge on any atom is 0.336 e. The van der Waals surface area contributed by atoms with Gasteiger partial charge in [-0.15, -0.1) is 0 Å². The second-order valence-electron chi connectivity index (χ2n) is 14.8. The van der Waals surface area contributed by atoms with Gasteiger partial charge in [0.1, 0.15) is 11.2 Å². The number of hydrogen-bond acceptors (Lipinski definition) is 5. The lowest BCUT2D eigenvalue weighted by Gasteiger charge is -2.52. The average Bonchev–Trinajstić information content (AvgIpc) is 3.69. The van der Waals surface area contributed by atoms with E-state index in [1.165, 1.54) is 37.1 Å². The molecule has 6 rings (SSSR count). The van der Waals surface area contributed by atoms with Crippen LogP contribution in [0.4, 0.5) is 22.0 Å². The van der Waals surface area contributed by atoms with Gasteiger partial charge in [-0.2, -0.15) is 5.10 Å². The molecule has 2 aromatic carbocycles. The summed E-state index contributed by atoms with van der Waals surface area (Å²) >= 11 is 0. The Morgan fingerprint density at radius 2 is 1.69 bits per heavy atom. The number of amides is 2. The number of rotatable bonds is 11. The first-order valence-electron chi connectivity index (χ1n) is 17.0. The highest BCUT2D eigenvalue weighted by atomic mass is 19.3. The zero-order valence-corrected chi connectivity index (χ0v) is 28.5. The zero-order valence-electron chi connectivity index (χ0n) is 28.5. The summed E-state index contributed by atoms with van der Waals surface area (Å²) < 4.78 is 76.2. The molecular weight excluding hydrogens is 675 g/mol. The Balaban J connectivity index is 1.17. The highest BCUT2D eigenvalue weighted by Crippen LogP contribution is 2.47. The minimum absolute atomic E-state index is 0.0398. The molecule has 1 atom stereocenters. The number of ether oxygens (including phenoxy) is 1. The molecule has 1 spiro atoms. The van der Waals surface area contributed by atoms with Crippen LogP contribution in [0.2, 0.25) is 0 Å². The van der Waals surface area contributed by atoms with Crippen molar-refractivity contribution in [1.82, 2.24) is 19.6 Å². The van der Waals surface area contributed by atoms with Crippen LogP contribution in [0.1, 0.15) is 82.9 Å². The molecule has 3 fully saturated rings. The summed E-state index contributed by atoms with van der Waals surface area (Å²) in [5, 5.41) is 14.4. The summed E-state index contributed by atoms with van der Waals surface area (Å²) in [6.07, 6.45) is -0.0868. The summed E-state index contributed by atoms with van der Waals surface area (Å²) in [6, 6.07) is 10.9. The van der Waals surface area contributed by atoms with Crippen molar-refractivity contribution in [3.8, 4) is 0 Å². The smallest absolute Gasteiger partial charge is 0.336 e. The largest absolute Gasteiger partial charge is 0.478 e. The maximum atomic E-state index is 13.8. The average molecular weight is 717 g/mol. The van der Waals surface area contributed by atoms with Crippen LogP contribution in [0.15, 0.2) is 54.9 Å². The van der Waals surface area contributed by atoms with Gasteiger partial charge in [0.25, 0.3) is 12.3 Å². The van der Waals surface area contributed by atoms with E-state index in [4.69, 9.17) is 4.74 Å². The van der Waals surface area contributed by atoms with Crippen LogP contribution in [0.5, 0.6) is 0 Å². The number of halogens is 5. The molecule has 1 aromatic heterocycles. The van der Waals surface area contributed by atoms with E-state index in [0.29, 0.717) is 23.2 Å². The minimum atomic E-state index is -2.86. The van der Waals surface area contributed by atoms with Gasteiger partial charge in [0.15, 0.2) is 0 Å². The number of carbonyl (C=O) groups excluding carboxylic acids is 2. The molecule has 51 heavy (non-hydrogen) atoms. The standard InChI is InChI=1S/C37H41F5N4O5/c1-35(2,33(39)40)34(50)45-21-36(22-45)20-44(31(47)26-14-43-46(16-26)15-23-6-8-28(38)9-7-23)17-27(36)19-51-18-25-4-3-5-29(30(25)32(48)49)24-10-12-37(41,42)13-11-24/h3-9,14,16,24,27,33H,10-13,15,17-22H2,1-2H3,(H,48,49)/t27-/m0/s1. The molecule has 0 unspecified atom stereocenters. The zero-order chi connectivity index (χ0) is 36.7. The van der Waals surface area contributed by atoms with E-state index in [2.05, 4.69) is 5.10 Å². The van der Waals surface area contributed by atoms with Crippen molar-refractivity contribution < 1.29 is 46.2 Å². The predicted octanol–water partition coefficient (Wildman–Crippen LogP) is 6.47. The predicted molar refractivity (Wildman–Crippen MR) is 175 cm³/mol. The molecular formula is C37H41F5N4O5. The molecule has 0 radical (unpaired) electrons. The Kier molecular flexibility index (Phi) is 10.0. The third-order valence-corrected chi connectivity index (χ3v) is 10.8. The first-order valence-corrected chi connectivity index (χ1v) is 17.0. The Hall–Kier alpha value is -4.33. The first-order chi connectivity index (χ1) is 24.1. The number of carboxylic acids is 1. The molecule has 2 aliphatic heterocycles. The third-order valence-electron chi connectivity index (χ3n) is 10.8. The van der Waals surface area contributed by atoms with Crippen molar-refractivity contribution >= 4 is 17.8 Å². The van der Waals surface area contributed by atoms with Crippen molar-refractivity contribution in [3.05, 3.63) is 88.5 Å². The summed E-state index contributed by atoms with van der Waals surface area (Å²) in [4.78, 5) is 42.2. The Labute approximate surface area is 292 Å². The molecule has 0 bridgehead atoms. The monoisotopic (exact) mass is 716 g/mol. The van der Waals surface area contributed by atoms with E-state index < -0.39 is 35.1 Å². The number of aromatic carboxylic acids is 1. The number of nitrogens with zero attached hydrogens (tertiary/aromatic N) is 4. The fraction of sp³-hybridized carbons (Fsp3) is 0.514. The summed E-state index contributed by atoms with van der Waals surface area (Å²) in [5.41, 5.74) is -0.468. The number of carboxylic acid groups (broad SMARTS) is 1. The minimum Gasteiger partial charge on any atom is -0.478 e. The second-order valence-corrected chi connectivity index (χ2v) is 14.8. The van der Waals surface area contributed by atoms with E-state index >= 15 is 0 Å². The molecule has 1 saturated carbocycles. The van der Waals surface area contributed by atoms with E-state index in [0.717, 1.165) is 5.56 Å². The molecule has 3 heterocycles. The van der Waals surface area contributed by atoms with Crippen molar-refractivity contribution in [1.29, 1.82) is 0 Å². The highest BCUT2D eigenvalue weighted by molar-refractivity contribution is 5.94. The van der Waals surface area contributed by atoms with Gasteiger partial charge in [-0.05, 0) is 61.4 Å². The fourth-order valence-corrected chi connectivity index (χ4v) is 7.66. The lowest BCUT2D eigenvalue weighted by atomic mass is 9.71. The molecule has 274 valence electrons. The fourth-order valence-electron chi connectivity index (χ4n) is 7.66. The van der Waals surface area contributed by atoms with Crippen LogP contribution in [0.25, 0.3) is 0 Å². The van der Waals surface area contributed by atoms with Crippen LogP contribution in [-0.2, 0) is 22.7 Å². The van der Waals surface area contributed by atoms with Crippen molar-refractivity contribution in [2.45, 2.75) is 70.9 Å². The van der Waals surface area contributed by atoms with Crippen molar-refractivity contribution in [2.24, 2.45) is 16.7 Å². The Morgan fingerprint density at radius 1 is 1.02 bits per heavy atom. The van der Waals surface area contributed by atoms with E-state index in [9.17, 15) is 41.4 Å². The first kappa shape index (κ1) is 36.5. The quantitative estimate of drug-likeness (QED) is 0.228. The van der Waals surface area contributed by atoms with E-state index in [1.54, 1.807) is 46.1 Å². The van der Waals surface area contributed by atoms with Crippen LogP contribution in [0, 0.1) is 22.6 Å². The number of benzene rings is 2. The van der Waals surface area contributed by atoms with Crippen molar-refractivity contribution in [2.75, 3.05) is 32.8 Å². The van der Waals surface area contributed by atoms with Crippen LogP contribution in [0.3, 0.4) is 0 Å². The molecule has 1 N–H and O–H groups in total. The maximum absolute atomic E-state index is 13.8. The number of likely N-dealkylation sites (tertiary alicyclic amines) is 2. The van der Waals surface area contributed by atoms with Crippen LogP contribution < -0.4 is 0 Å². The second kappa shape index (κ2) is 14.0. The molecule has 2 saturated heterocycles. The van der Waals surface area contributed by atoms with Gasteiger partial charge in [-0.25, -0.2) is 26.7 Å². The molecule has 14 heteroatoms. The normalized spacial score (nSPS) is 20.2. The molecule has 2 amide bonds. The topological polar surface area (TPSA) is 105 Å². The number of aromatic nitrogens is 2. The molecule has 1 aliphatic carbocycles. The third kappa shape index (κ3) is 7.51. The SMILES string of the molecule is CC(C)(C(=O)N1CC2(CN(C(=O)c3cnn(Cc4ccc(F)cc4)c3)C[C@H]2COCc2cccc(C3CCC(F)(F)CC3)c2C(=O)O)C1)C(F)F. The van der Waals surface area contributed by atoms with Gasteiger partial charge in [0.2, 0.25) is 11.8 Å². The molecule has 3 aromatic rings. The van der Waals surface area contributed by atoms with Crippen LogP contribution in [-0.4, -0.2) is 87.6 Å². The van der Waals surface area contributed by atoms with Gasteiger partial charge in [-0.1, -0.05) is 30.3 Å². The lowest BCUT2D eigenvalue weighted by molar-refractivity contribution is -0.164. The van der Waals surface area contributed by atoms with Gasteiger partial charge in [-0.3, -0.25) is 14.3 Å². The van der Waals surface area contributed by atoms with Gasteiger partial charge in [0.05, 0.1) is 37.1 Å². The number of alkyl halides is 4. The van der Waals surface area contributed by atoms with Crippen LogP contribution >= 0.6 is 0 Å². The van der Waals surface area contributed by atoms with Crippen molar-refractivity contribution in [3.63, 3.8) is 0 Å². The van der Waals surface area contributed by atoms with E-state index in [-0.39, 0.29) is 94.2 Å². The molecule has 9 nitrogen and oxygen atoms in total. The summed E-state index contributed by atoms with van der Waals surface area (Å²) in [6.45, 7) is 3.49. The Bertz CT molecular complexity index is 1760. The molecule has 3 aliphatic rings. The summed E-state index contributed by atoms with van der Waals surface area (Å²) in [7, 11) is 0. The number of hydrogen-bond donors (Lipinski definition) is 1. The number of carbonyl (C=O) groups is 3. The Morgan fingerprint density at radius 3 is 2.33 bits per heavy atom. The van der Waals surface area contributed by atoms with Gasteiger partial charge < -0.3 is 19.6 Å². The summed E-state index contributed by atoms with van der Waals surface area (Å²) in [5.74, 6) is -5.91. The van der Waals surface area contributed by atoms with Gasteiger partial charge in [0, 0.05) is 56.6 Å². The van der Waals surface area contributed by atoms with Gasteiger partial charge >= 0.3 is 5.97 Å². The lowest BCUT2D eigenvalue weighted by Crippen LogP contribution is -2.65.